The molecule has 0 aliphatic heterocycles. The van der Waals surface area contributed by atoms with Gasteiger partial charge >= 0.3 is 5.97 Å². The molecule has 0 saturated heterocycles. The maximum Gasteiger partial charge on any atom is 0.306 e. The van der Waals surface area contributed by atoms with Crippen LogP contribution in [0.15, 0.2) is 0 Å². The van der Waals surface area contributed by atoms with Gasteiger partial charge in [0.05, 0.1) is 12.5 Å². The van der Waals surface area contributed by atoms with E-state index in [1.807, 2.05) is 0 Å². The molecular formula is C11H20N2O3. The van der Waals surface area contributed by atoms with Crippen molar-refractivity contribution >= 4 is 11.9 Å². The average molecular weight is 228 g/mol. The zero-order chi connectivity index (χ0) is 12.0. The number of aliphatic carboxylic acids is 1. The lowest BCUT2D eigenvalue weighted by Crippen LogP contribution is -2.35. The summed E-state index contributed by atoms with van der Waals surface area (Å²) in [7, 11) is 0. The van der Waals surface area contributed by atoms with Crippen LogP contribution in [0.3, 0.4) is 0 Å². The van der Waals surface area contributed by atoms with Gasteiger partial charge in [0.15, 0.2) is 0 Å². The van der Waals surface area contributed by atoms with E-state index in [0.29, 0.717) is 19.5 Å². The van der Waals surface area contributed by atoms with Crippen LogP contribution < -0.4 is 10.6 Å². The molecule has 0 bridgehead atoms. The van der Waals surface area contributed by atoms with Crippen LogP contribution >= 0.6 is 0 Å². The molecule has 0 aromatic rings. The van der Waals surface area contributed by atoms with Crippen molar-refractivity contribution in [2.24, 2.45) is 11.8 Å². The van der Waals surface area contributed by atoms with Crippen LogP contribution in [0.4, 0.5) is 0 Å². The zero-order valence-electron chi connectivity index (χ0n) is 9.66. The predicted octanol–water partition coefficient (Wildman–Crippen LogP) is 0.213. The first-order chi connectivity index (χ1) is 7.59. The van der Waals surface area contributed by atoms with Gasteiger partial charge in [0, 0.05) is 6.54 Å². The van der Waals surface area contributed by atoms with Gasteiger partial charge in [0.2, 0.25) is 5.91 Å². The highest BCUT2D eigenvalue weighted by Gasteiger charge is 2.20. The van der Waals surface area contributed by atoms with Crippen molar-refractivity contribution in [1.82, 2.24) is 10.6 Å². The molecule has 5 heteroatoms. The smallest absolute Gasteiger partial charge is 0.306 e. The Morgan fingerprint density at radius 3 is 2.69 bits per heavy atom. The molecule has 1 aliphatic rings. The number of rotatable bonds is 8. The molecule has 1 unspecified atom stereocenters. The van der Waals surface area contributed by atoms with Gasteiger partial charge in [0.25, 0.3) is 0 Å². The number of carboxylic acid groups (broad SMARTS) is 1. The molecular weight excluding hydrogens is 208 g/mol. The summed E-state index contributed by atoms with van der Waals surface area (Å²) in [6, 6.07) is 0. The van der Waals surface area contributed by atoms with E-state index in [4.69, 9.17) is 5.11 Å². The Hall–Kier alpha value is -1.10. The first-order valence-electron chi connectivity index (χ1n) is 5.80. The SMILES string of the molecule is CC(CCNC(=O)CNCC1CC1)C(=O)O. The molecule has 5 nitrogen and oxygen atoms in total. The van der Waals surface area contributed by atoms with Crippen LogP contribution in [0.2, 0.25) is 0 Å². The Morgan fingerprint density at radius 2 is 2.12 bits per heavy atom. The number of amides is 1. The van der Waals surface area contributed by atoms with Crippen molar-refractivity contribution < 1.29 is 14.7 Å². The lowest BCUT2D eigenvalue weighted by atomic mass is 10.1. The molecule has 0 heterocycles. The van der Waals surface area contributed by atoms with Crippen molar-refractivity contribution in [2.75, 3.05) is 19.6 Å². The monoisotopic (exact) mass is 228 g/mol. The highest BCUT2D eigenvalue weighted by molar-refractivity contribution is 5.78. The fraction of sp³-hybridized carbons (Fsp3) is 0.818. The van der Waals surface area contributed by atoms with Gasteiger partial charge in [-0.3, -0.25) is 9.59 Å². The van der Waals surface area contributed by atoms with Gasteiger partial charge in [-0.1, -0.05) is 6.92 Å². The van der Waals surface area contributed by atoms with E-state index in [-0.39, 0.29) is 5.91 Å². The second-order valence-corrected chi connectivity index (χ2v) is 4.45. The average Bonchev–Trinajstić information content (AvgIpc) is 3.01. The number of hydrogen-bond donors (Lipinski definition) is 3. The lowest BCUT2D eigenvalue weighted by Gasteiger charge is -2.08. The third-order valence-corrected chi connectivity index (χ3v) is 2.74. The normalized spacial score (nSPS) is 16.8. The summed E-state index contributed by atoms with van der Waals surface area (Å²) in [4.78, 5) is 21.8. The highest BCUT2D eigenvalue weighted by Crippen LogP contribution is 2.27. The second-order valence-electron chi connectivity index (χ2n) is 4.45. The molecule has 1 aliphatic carbocycles. The molecule has 1 saturated carbocycles. The summed E-state index contributed by atoms with van der Waals surface area (Å²) in [6.45, 7) is 3.31. The molecule has 1 amide bonds. The van der Waals surface area contributed by atoms with Crippen molar-refractivity contribution in [3.63, 3.8) is 0 Å². The molecule has 0 radical (unpaired) electrons. The predicted molar refractivity (Wildman–Crippen MR) is 60.0 cm³/mol. The van der Waals surface area contributed by atoms with Crippen LogP contribution in [-0.2, 0) is 9.59 Å². The van der Waals surface area contributed by atoms with Crippen LogP contribution in [0, 0.1) is 11.8 Å². The van der Waals surface area contributed by atoms with Gasteiger partial charge < -0.3 is 15.7 Å². The van der Waals surface area contributed by atoms with E-state index < -0.39 is 11.9 Å². The third kappa shape index (κ3) is 5.70. The lowest BCUT2D eigenvalue weighted by molar-refractivity contribution is -0.141. The molecule has 0 aromatic carbocycles. The van der Waals surface area contributed by atoms with Crippen LogP contribution in [0.25, 0.3) is 0 Å². The molecule has 0 aromatic heterocycles. The minimum atomic E-state index is -0.818. The summed E-state index contributed by atoms with van der Waals surface area (Å²) >= 11 is 0. The topological polar surface area (TPSA) is 78.4 Å². The Labute approximate surface area is 95.6 Å². The van der Waals surface area contributed by atoms with Crippen LogP contribution in [0.1, 0.15) is 26.2 Å². The Bertz CT molecular complexity index is 252. The van der Waals surface area contributed by atoms with Crippen LogP contribution in [-0.4, -0.2) is 36.6 Å². The summed E-state index contributed by atoms with van der Waals surface area (Å²) in [5.41, 5.74) is 0. The van der Waals surface area contributed by atoms with Crippen molar-refractivity contribution in [3.8, 4) is 0 Å². The van der Waals surface area contributed by atoms with Crippen molar-refractivity contribution in [3.05, 3.63) is 0 Å². The number of carboxylic acids is 1. The largest absolute Gasteiger partial charge is 0.481 e. The molecule has 1 fully saturated rings. The van der Waals surface area contributed by atoms with E-state index >= 15 is 0 Å². The first-order valence-corrected chi connectivity index (χ1v) is 5.80. The maximum atomic E-state index is 11.3. The molecule has 16 heavy (non-hydrogen) atoms. The van der Waals surface area contributed by atoms with E-state index in [2.05, 4.69) is 10.6 Å². The third-order valence-electron chi connectivity index (χ3n) is 2.74. The minimum absolute atomic E-state index is 0.0572. The molecule has 1 atom stereocenters. The van der Waals surface area contributed by atoms with Crippen molar-refractivity contribution in [1.29, 1.82) is 0 Å². The van der Waals surface area contributed by atoms with Gasteiger partial charge in [0.1, 0.15) is 0 Å². The molecule has 3 N–H and O–H groups in total. The van der Waals surface area contributed by atoms with Gasteiger partial charge in [-0.2, -0.15) is 0 Å². The fourth-order valence-corrected chi connectivity index (χ4v) is 1.33. The summed E-state index contributed by atoms with van der Waals surface area (Å²) < 4.78 is 0. The van der Waals surface area contributed by atoms with Crippen molar-refractivity contribution in [2.45, 2.75) is 26.2 Å². The van der Waals surface area contributed by atoms with Gasteiger partial charge in [-0.15, -0.1) is 0 Å². The number of carbonyl (C=O) groups is 2. The first kappa shape index (κ1) is 13.0. The highest BCUT2D eigenvalue weighted by atomic mass is 16.4. The van der Waals surface area contributed by atoms with Gasteiger partial charge in [-0.25, -0.2) is 0 Å². The van der Waals surface area contributed by atoms with E-state index in [1.54, 1.807) is 6.92 Å². The summed E-state index contributed by atoms with van der Waals surface area (Å²) in [5, 5.41) is 14.4. The summed E-state index contributed by atoms with van der Waals surface area (Å²) in [5.74, 6) is -0.515. The fourth-order valence-electron chi connectivity index (χ4n) is 1.33. The zero-order valence-corrected chi connectivity index (χ0v) is 9.66. The van der Waals surface area contributed by atoms with Crippen LogP contribution in [0.5, 0.6) is 0 Å². The molecule has 0 spiro atoms. The van der Waals surface area contributed by atoms with E-state index in [0.717, 1.165) is 12.5 Å². The molecule has 1 rings (SSSR count). The summed E-state index contributed by atoms with van der Waals surface area (Å²) in [6.07, 6.45) is 3.01. The Kier molecular flexibility index (Phi) is 5.25. The maximum absolute atomic E-state index is 11.3. The number of nitrogens with one attached hydrogen (secondary N) is 2. The van der Waals surface area contributed by atoms with E-state index in [9.17, 15) is 9.59 Å². The Balaban J connectivity index is 1.94. The number of hydrogen-bond acceptors (Lipinski definition) is 3. The van der Waals surface area contributed by atoms with E-state index in [1.165, 1.54) is 12.8 Å². The second kappa shape index (κ2) is 6.48. The standard InChI is InChI=1S/C11H20N2O3/c1-8(11(15)16)4-5-13-10(14)7-12-6-9-2-3-9/h8-9,12H,2-7H2,1H3,(H,13,14)(H,15,16). The number of carbonyl (C=O) groups excluding carboxylic acids is 1. The Morgan fingerprint density at radius 1 is 1.44 bits per heavy atom. The minimum Gasteiger partial charge on any atom is -0.481 e. The molecule has 92 valence electrons. The quantitative estimate of drug-likeness (QED) is 0.555. The van der Waals surface area contributed by atoms with Gasteiger partial charge in [-0.05, 0) is 31.7 Å².